The van der Waals surface area contributed by atoms with E-state index in [0.29, 0.717) is 5.69 Å². The number of fused-ring (bicyclic) bond motifs is 1. The number of carbonyl (C=O) groups excluding carboxylic acids is 1. The van der Waals surface area contributed by atoms with E-state index in [0.717, 1.165) is 22.5 Å². The Kier molecular flexibility index (Phi) is 4.24. The Labute approximate surface area is 134 Å². The number of nitrogens with zero attached hydrogens (tertiary/aromatic N) is 1. The standard InChI is InChI=1S/C15H12N4O3S/c20-12(8-23-14-13(21)17-15(22)19-18-14)16-11-7-3-5-9-4-1-2-6-10(9)11/h1-7H,8H2,(H,16,20)(H2,17,19,21,22). The topological polar surface area (TPSA) is 108 Å². The lowest BCUT2D eigenvalue weighted by atomic mass is 10.1. The summed E-state index contributed by atoms with van der Waals surface area (Å²) in [5.41, 5.74) is -0.590. The zero-order chi connectivity index (χ0) is 16.2. The lowest BCUT2D eigenvalue weighted by Crippen LogP contribution is -2.25. The van der Waals surface area contributed by atoms with E-state index in [-0.39, 0.29) is 16.7 Å². The Morgan fingerprint density at radius 3 is 2.74 bits per heavy atom. The molecule has 0 atom stereocenters. The molecule has 0 aliphatic carbocycles. The number of benzene rings is 2. The van der Waals surface area contributed by atoms with Gasteiger partial charge in [-0.2, -0.15) is 5.10 Å². The molecule has 0 aliphatic heterocycles. The Balaban J connectivity index is 1.72. The predicted molar refractivity (Wildman–Crippen MR) is 88.8 cm³/mol. The molecule has 7 nitrogen and oxygen atoms in total. The molecule has 23 heavy (non-hydrogen) atoms. The summed E-state index contributed by atoms with van der Waals surface area (Å²) in [5, 5.41) is 10.5. The second-order valence-electron chi connectivity index (χ2n) is 4.68. The summed E-state index contributed by atoms with van der Waals surface area (Å²) in [6, 6.07) is 13.4. The van der Waals surface area contributed by atoms with Gasteiger partial charge < -0.3 is 5.32 Å². The Morgan fingerprint density at radius 1 is 1.13 bits per heavy atom. The van der Waals surface area contributed by atoms with Crippen LogP contribution in [0.5, 0.6) is 0 Å². The molecule has 1 aromatic heterocycles. The quantitative estimate of drug-likeness (QED) is 0.627. The first-order valence-electron chi connectivity index (χ1n) is 6.73. The third kappa shape index (κ3) is 3.49. The third-order valence-corrected chi connectivity index (χ3v) is 4.04. The normalized spacial score (nSPS) is 10.6. The second-order valence-corrected chi connectivity index (χ2v) is 5.64. The highest BCUT2D eigenvalue weighted by atomic mass is 32.2. The number of hydrogen-bond donors (Lipinski definition) is 3. The molecule has 8 heteroatoms. The van der Waals surface area contributed by atoms with Gasteiger partial charge in [0.2, 0.25) is 5.91 Å². The minimum Gasteiger partial charge on any atom is -0.325 e. The molecular formula is C15H12N4O3S. The molecule has 0 bridgehead atoms. The molecule has 0 radical (unpaired) electrons. The summed E-state index contributed by atoms with van der Waals surface area (Å²) in [7, 11) is 0. The molecule has 1 amide bonds. The van der Waals surface area contributed by atoms with Crippen LogP contribution in [0, 0.1) is 0 Å². The maximum absolute atomic E-state index is 12.1. The van der Waals surface area contributed by atoms with Crippen LogP contribution in [-0.4, -0.2) is 26.8 Å². The van der Waals surface area contributed by atoms with Gasteiger partial charge in [-0.3, -0.25) is 14.6 Å². The van der Waals surface area contributed by atoms with Crippen LogP contribution in [0.1, 0.15) is 0 Å². The molecule has 3 aromatic rings. The molecule has 3 N–H and O–H groups in total. The van der Waals surface area contributed by atoms with Crippen molar-refractivity contribution in [1.29, 1.82) is 0 Å². The summed E-state index contributed by atoms with van der Waals surface area (Å²) in [5.74, 6) is -0.260. The Morgan fingerprint density at radius 2 is 1.91 bits per heavy atom. The molecule has 0 aliphatic rings. The molecule has 0 saturated carbocycles. The highest BCUT2D eigenvalue weighted by Gasteiger charge is 2.09. The summed E-state index contributed by atoms with van der Waals surface area (Å²) in [6.45, 7) is 0. The average Bonchev–Trinajstić information content (AvgIpc) is 2.54. The van der Waals surface area contributed by atoms with E-state index in [4.69, 9.17) is 0 Å². The van der Waals surface area contributed by atoms with Crippen LogP contribution in [-0.2, 0) is 4.79 Å². The van der Waals surface area contributed by atoms with Crippen molar-refractivity contribution in [3.63, 3.8) is 0 Å². The predicted octanol–water partition coefficient (Wildman–Crippen LogP) is 1.34. The molecule has 3 rings (SSSR count). The van der Waals surface area contributed by atoms with Gasteiger partial charge in [-0.05, 0) is 11.5 Å². The van der Waals surface area contributed by atoms with Gasteiger partial charge in [-0.25, -0.2) is 9.89 Å². The SMILES string of the molecule is O=C(CSc1n[nH]c(=O)[nH]c1=O)Nc1cccc2ccccc12. The van der Waals surface area contributed by atoms with Crippen LogP contribution in [0.15, 0.2) is 57.1 Å². The number of aromatic nitrogens is 3. The summed E-state index contributed by atoms with van der Waals surface area (Å²) >= 11 is 0.951. The highest BCUT2D eigenvalue weighted by molar-refractivity contribution is 7.99. The van der Waals surface area contributed by atoms with Gasteiger partial charge in [0.15, 0.2) is 5.03 Å². The first-order valence-corrected chi connectivity index (χ1v) is 7.71. The summed E-state index contributed by atoms with van der Waals surface area (Å²) < 4.78 is 0. The van der Waals surface area contributed by atoms with Crippen LogP contribution in [0.2, 0.25) is 0 Å². The van der Waals surface area contributed by atoms with Crippen molar-refractivity contribution in [2.24, 2.45) is 0 Å². The van der Waals surface area contributed by atoms with Crippen molar-refractivity contribution >= 4 is 34.1 Å². The number of hydrogen-bond acceptors (Lipinski definition) is 5. The minimum atomic E-state index is -0.681. The lowest BCUT2D eigenvalue weighted by Gasteiger charge is -2.08. The Bertz CT molecular complexity index is 975. The van der Waals surface area contributed by atoms with Gasteiger partial charge in [0.05, 0.1) is 5.75 Å². The van der Waals surface area contributed by atoms with Gasteiger partial charge in [0, 0.05) is 11.1 Å². The molecule has 116 valence electrons. The monoisotopic (exact) mass is 328 g/mol. The van der Waals surface area contributed by atoms with Crippen LogP contribution in [0.4, 0.5) is 5.69 Å². The van der Waals surface area contributed by atoms with Gasteiger partial charge in [0.25, 0.3) is 5.56 Å². The lowest BCUT2D eigenvalue weighted by molar-refractivity contribution is -0.113. The van der Waals surface area contributed by atoms with E-state index < -0.39 is 11.2 Å². The average molecular weight is 328 g/mol. The molecule has 0 unspecified atom stereocenters. The number of anilines is 1. The van der Waals surface area contributed by atoms with Gasteiger partial charge in [-0.15, -0.1) is 0 Å². The van der Waals surface area contributed by atoms with Gasteiger partial charge >= 0.3 is 5.69 Å². The first kappa shape index (κ1) is 15.0. The molecule has 1 heterocycles. The minimum absolute atomic E-state index is 0.00530. The number of H-pyrrole nitrogens is 2. The van der Waals surface area contributed by atoms with Crippen LogP contribution < -0.4 is 16.6 Å². The molecular weight excluding hydrogens is 316 g/mol. The van der Waals surface area contributed by atoms with Crippen molar-refractivity contribution < 1.29 is 4.79 Å². The van der Waals surface area contributed by atoms with Crippen LogP contribution in [0.3, 0.4) is 0 Å². The second kappa shape index (κ2) is 6.49. The number of aromatic amines is 2. The molecule has 2 aromatic carbocycles. The summed E-state index contributed by atoms with van der Waals surface area (Å²) in [4.78, 5) is 36.5. The molecule has 0 saturated heterocycles. The van der Waals surface area contributed by atoms with Gasteiger partial charge in [-0.1, -0.05) is 48.2 Å². The number of thioether (sulfide) groups is 1. The number of carbonyl (C=O) groups is 1. The first-order chi connectivity index (χ1) is 11.1. The third-order valence-electron chi connectivity index (χ3n) is 3.08. The fourth-order valence-electron chi connectivity index (χ4n) is 2.09. The van der Waals surface area contributed by atoms with Crippen molar-refractivity contribution in [2.45, 2.75) is 5.03 Å². The molecule has 0 spiro atoms. The fraction of sp³-hybridized carbons (Fsp3) is 0.0667. The van der Waals surface area contributed by atoms with E-state index in [1.165, 1.54) is 0 Å². The number of amides is 1. The number of rotatable bonds is 4. The van der Waals surface area contributed by atoms with Crippen molar-refractivity contribution in [3.8, 4) is 0 Å². The van der Waals surface area contributed by atoms with E-state index >= 15 is 0 Å². The van der Waals surface area contributed by atoms with Crippen LogP contribution in [0.25, 0.3) is 10.8 Å². The van der Waals surface area contributed by atoms with Crippen molar-refractivity contribution in [1.82, 2.24) is 15.2 Å². The summed E-state index contributed by atoms with van der Waals surface area (Å²) in [6.07, 6.45) is 0. The van der Waals surface area contributed by atoms with Gasteiger partial charge in [0.1, 0.15) is 0 Å². The largest absolute Gasteiger partial charge is 0.342 e. The zero-order valence-electron chi connectivity index (χ0n) is 11.8. The molecule has 0 fully saturated rings. The zero-order valence-corrected chi connectivity index (χ0v) is 12.6. The van der Waals surface area contributed by atoms with Crippen molar-refractivity contribution in [2.75, 3.05) is 11.1 Å². The highest BCUT2D eigenvalue weighted by Crippen LogP contribution is 2.23. The van der Waals surface area contributed by atoms with E-state index in [1.54, 1.807) is 0 Å². The van der Waals surface area contributed by atoms with E-state index in [1.807, 2.05) is 42.5 Å². The fourth-order valence-corrected chi connectivity index (χ4v) is 2.72. The van der Waals surface area contributed by atoms with E-state index in [2.05, 4.69) is 20.5 Å². The maximum Gasteiger partial charge on any atom is 0.342 e. The smallest absolute Gasteiger partial charge is 0.325 e. The maximum atomic E-state index is 12.1. The van der Waals surface area contributed by atoms with Crippen LogP contribution >= 0.6 is 11.8 Å². The van der Waals surface area contributed by atoms with E-state index in [9.17, 15) is 14.4 Å². The Hall–Kier alpha value is -2.87. The number of nitrogens with one attached hydrogen (secondary N) is 3. The van der Waals surface area contributed by atoms with Crippen molar-refractivity contribution in [3.05, 3.63) is 63.3 Å².